The molecule has 7 nitrogen and oxygen atoms in total. The van der Waals surface area contributed by atoms with Gasteiger partial charge in [-0.15, -0.1) is 0 Å². The maximum atomic E-state index is 11.1. The molecule has 0 spiro atoms. The summed E-state index contributed by atoms with van der Waals surface area (Å²) in [6.45, 7) is 3.72. The summed E-state index contributed by atoms with van der Waals surface area (Å²) in [5, 5.41) is 14.7. The summed E-state index contributed by atoms with van der Waals surface area (Å²) in [5.74, 6) is 1.39. The minimum absolute atomic E-state index is 0.0435. The molecule has 0 aliphatic carbocycles. The van der Waals surface area contributed by atoms with E-state index in [0.717, 1.165) is 43.1 Å². The molecule has 1 saturated heterocycles. The van der Waals surface area contributed by atoms with Gasteiger partial charge in [0.15, 0.2) is 5.82 Å². The second-order valence-corrected chi connectivity index (χ2v) is 7.27. The van der Waals surface area contributed by atoms with Crippen molar-refractivity contribution in [3.63, 3.8) is 0 Å². The maximum Gasteiger partial charge on any atom is 0.270 e. The monoisotopic (exact) mass is 389 g/mol. The van der Waals surface area contributed by atoms with Crippen molar-refractivity contribution in [3.05, 3.63) is 76.5 Å². The molecule has 3 aromatic rings. The molecular formula is C22H23N5O2. The van der Waals surface area contributed by atoms with Crippen molar-refractivity contribution < 1.29 is 4.92 Å². The second-order valence-electron chi connectivity index (χ2n) is 7.27. The average molecular weight is 389 g/mol. The highest BCUT2D eigenvalue weighted by Crippen LogP contribution is 2.26. The van der Waals surface area contributed by atoms with Crippen molar-refractivity contribution in [1.82, 2.24) is 9.97 Å². The fourth-order valence-electron chi connectivity index (χ4n) is 3.62. The van der Waals surface area contributed by atoms with Crippen LogP contribution in [-0.2, 0) is 0 Å². The second kappa shape index (κ2) is 8.26. The summed E-state index contributed by atoms with van der Waals surface area (Å²) in [7, 11) is 0. The Morgan fingerprint density at radius 2 is 1.79 bits per heavy atom. The molecule has 29 heavy (non-hydrogen) atoms. The Balaban J connectivity index is 1.48. The molecular weight excluding hydrogens is 366 g/mol. The number of non-ortho nitro benzene ring substituents is 1. The molecule has 1 aromatic heterocycles. The van der Waals surface area contributed by atoms with Crippen LogP contribution in [0, 0.1) is 17.0 Å². The normalized spacial score (nSPS) is 14.6. The number of rotatable bonds is 5. The fourth-order valence-corrected chi connectivity index (χ4v) is 3.62. The van der Waals surface area contributed by atoms with Gasteiger partial charge in [-0.1, -0.05) is 30.3 Å². The van der Waals surface area contributed by atoms with Crippen LogP contribution < -0.4 is 10.2 Å². The Kier molecular flexibility index (Phi) is 5.37. The molecule has 2 aromatic carbocycles. The first-order chi connectivity index (χ1) is 14.1. The van der Waals surface area contributed by atoms with Crippen LogP contribution in [0.25, 0.3) is 11.4 Å². The number of nitro groups is 1. The number of nitrogens with one attached hydrogen (secondary N) is 1. The average Bonchev–Trinajstić information content (AvgIpc) is 2.75. The van der Waals surface area contributed by atoms with Crippen molar-refractivity contribution in [2.24, 2.45) is 0 Å². The summed E-state index contributed by atoms with van der Waals surface area (Å²) in [6, 6.07) is 19.2. The lowest BCUT2D eigenvalue weighted by Crippen LogP contribution is -2.39. The first kappa shape index (κ1) is 18.9. The molecule has 0 bridgehead atoms. The first-order valence-corrected chi connectivity index (χ1v) is 9.75. The highest BCUT2D eigenvalue weighted by molar-refractivity contribution is 5.61. The molecule has 2 heterocycles. The van der Waals surface area contributed by atoms with Crippen molar-refractivity contribution >= 4 is 17.2 Å². The Morgan fingerprint density at radius 1 is 1.03 bits per heavy atom. The lowest BCUT2D eigenvalue weighted by molar-refractivity contribution is -0.384. The fraction of sp³-hybridized carbons (Fsp3) is 0.273. The van der Waals surface area contributed by atoms with E-state index in [1.54, 1.807) is 6.07 Å². The van der Waals surface area contributed by atoms with Crippen LogP contribution in [0.5, 0.6) is 0 Å². The molecule has 0 saturated carbocycles. The SMILES string of the molecule is Cc1cc(N2CCC(Nc3ccccc3)CC2)nc(-c2cccc([N+](=O)[O-])c2)n1. The molecule has 148 valence electrons. The molecule has 0 amide bonds. The van der Waals surface area contributed by atoms with Crippen LogP contribution in [0.3, 0.4) is 0 Å². The lowest BCUT2D eigenvalue weighted by atomic mass is 10.0. The topological polar surface area (TPSA) is 84.2 Å². The zero-order valence-corrected chi connectivity index (χ0v) is 16.3. The Bertz CT molecular complexity index is 1000. The minimum atomic E-state index is -0.398. The third-order valence-corrected chi connectivity index (χ3v) is 5.12. The number of aromatic nitrogens is 2. The van der Waals surface area contributed by atoms with E-state index < -0.39 is 4.92 Å². The van der Waals surface area contributed by atoms with E-state index >= 15 is 0 Å². The summed E-state index contributed by atoms with van der Waals surface area (Å²) in [6.07, 6.45) is 2.04. The van der Waals surface area contributed by atoms with Gasteiger partial charge in [-0.05, 0) is 31.9 Å². The van der Waals surface area contributed by atoms with E-state index in [1.807, 2.05) is 37.3 Å². The molecule has 7 heteroatoms. The number of benzene rings is 2. The van der Waals surface area contributed by atoms with Crippen LogP contribution in [0.2, 0.25) is 0 Å². The van der Waals surface area contributed by atoms with Crippen molar-refractivity contribution in [1.29, 1.82) is 0 Å². The van der Waals surface area contributed by atoms with Gasteiger partial charge >= 0.3 is 0 Å². The summed E-state index contributed by atoms with van der Waals surface area (Å²) < 4.78 is 0. The standard InChI is InChI=1S/C22H23N5O2/c1-16-14-21(25-22(23-16)17-6-5-9-20(15-17)27(28)29)26-12-10-19(11-13-26)24-18-7-3-2-4-8-18/h2-9,14-15,19,24H,10-13H2,1H3. The summed E-state index contributed by atoms with van der Waals surface area (Å²) in [5.41, 5.74) is 2.70. The Labute approximate surface area is 169 Å². The van der Waals surface area contributed by atoms with Gasteiger partial charge in [-0.25, -0.2) is 9.97 Å². The zero-order chi connectivity index (χ0) is 20.2. The zero-order valence-electron chi connectivity index (χ0n) is 16.3. The van der Waals surface area contributed by atoms with Gasteiger partial charge in [0, 0.05) is 54.3 Å². The predicted molar refractivity (Wildman–Crippen MR) is 114 cm³/mol. The number of aryl methyl sites for hydroxylation is 1. The third kappa shape index (κ3) is 4.51. The van der Waals surface area contributed by atoms with E-state index in [4.69, 9.17) is 4.98 Å². The summed E-state index contributed by atoms with van der Waals surface area (Å²) in [4.78, 5) is 22.1. The molecule has 1 aliphatic heterocycles. The van der Waals surface area contributed by atoms with Gasteiger partial charge < -0.3 is 10.2 Å². The molecule has 1 N–H and O–H groups in total. The molecule has 1 aliphatic rings. The van der Waals surface area contributed by atoms with Crippen LogP contribution in [0.15, 0.2) is 60.7 Å². The summed E-state index contributed by atoms with van der Waals surface area (Å²) >= 11 is 0. The highest BCUT2D eigenvalue weighted by atomic mass is 16.6. The van der Waals surface area contributed by atoms with Crippen LogP contribution in [0.4, 0.5) is 17.2 Å². The maximum absolute atomic E-state index is 11.1. The van der Waals surface area contributed by atoms with Crippen LogP contribution in [0.1, 0.15) is 18.5 Å². The van der Waals surface area contributed by atoms with Crippen LogP contribution in [-0.4, -0.2) is 34.0 Å². The Morgan fingerprint density at radius 3 is 2.52 bits per heavy atom. The van der Waals surface area contributed by atoms with Crippen molar-refractivity contribution in [2.45, 2.75) is 25.8 Å². The van der Waals surface area contributed by atoms with E-state index in [0.29, 0.717) is 17.4 Å². The predicted octanol–water partition coefficient (Wildman–Crippen LogP) is 4.44. The first-order valence-electron chi connectivity index (χ1n) is 9.75. The van der Waals surface area contributed by atoms with E-state index in [-0.39, 0.29) is 5.69 Å². The lowest BCUT2D eigenvalue weighted by Gasteiger charge is -2.33. The van der Waals surface area contributed by atoms with Gasteiger partial charge in [0.05, 0.1) is 4.92 Å². The van der Waals surface area contributed by atoms with Gasteiger partial charge in [0.25, 0.3) is 5.69 Å². The van der Waals surface area contributed by atoms with Gasteiger partial charge in [-0.2, -0.15) is 0 Å². The smallest absolute Gasteiger partial charge is 0.270 e. The van der Waals surface area contributed by atoms with Gasteiger partial charge in [0.2, 0.25) is 0 Å². The number of para-hydroxylation sites is 1. The van der Waals surface area contributed by atoms with E-state index in [2.05, 4.69) is 27.3 Å². The largest absolute Gasteiger partial charge is 0.382 e. The van der Waals surface area contributed by atoms with Crippen LogP contribution >= 0.6 is 0 Å². The number of hydrogen-bond donors (Lipinski definition) is 1. The van der Waals surface area contributed by atoms with Gasteiger partial charge in [-0.3, -0.25) is 10.1 Å². The number of piperidine rings is 1. The number of hydrogen-bond acceptors (Lipinski definition) is 6. The highest BCUT2D eigenvalue weighted by Gasteiger charge is 2.21. The number of nitrogens with zero attached hydrogens (tertiary/aromatic N) is 4. The molecule has 0 atom stereocenters. The number of nitro benzene ring substituents is 1. The molecule has 0 radical (unpaired) electrons. The third-order valence-electron chi connectivity index (χ3n) is 5.12. The van der Waals surface area contributed by atoms with Crippen molar-refractivity contribution in [3.8, 4) is 11.4 Å². The molecule has 4 rings (SSSR count). The molecule has 0 unspecified atom stereocenters. The quantitative estimate of drug-likeness (QED) is 0.513. The van der Waals surface area contributed by atoms with Crippen molar-refractivity contribution in [2.75, 3.05) is 23.3 Å². The van der Waals surface area contributed by atoms with Gasteiger partial charge in [0.1, 0.15) is 5.82 Å². The number of anilines is 2. The molecule has 1 fully saturated rings. The minimum Gasteiger partial charge on any atom is -0.382 e. The van der Waals surface area contributed by atoms with E-state index in [1.165, 1.54) is 12.1 Å². The van der Waals surface area contributed by atoms with E-state index in [9.17, 15) is 10.1 Å². The Hall–Kier alpha value is -3.48.